The minimum Gasteiger partial charge on any atom is -0.438 e. The fourth-order valence-corrected chi connectivity index (χ4v) is 3.65. The minimum absolute atomic E-state index is 0.0313. The van der Waals surface area contributed by atoms with Gasteiger partial charge in [-0.05, 0) is 61.4 Å². The fourth-order valence-electron chi connectivity index (χ4n) is 3.31. The summed E-state index contributed by atoms with van der Waals surface area (Å²) in [5.41, 5.74) is 1.53. The number of amides is 1. The average Bonchev–Trinajstić information content (AvgIpc) is 2.84. The van der Waals surface area contributed by atoms with Crippen LogP contribution in [0.3, 0.4) is 0 Å². The lowest BCUT2D eigenvalue weighted by atomic mass is 10.1. The molecule has 4 rings (SSSR count). The van der Waals surface area contributed by atoms with Gasteiger partial charge in [-0.1, -0.05) is 47.5 Å². The zero-order chi connectivity index (χ0) is 25.1. The van der Waals surface area contributed by atoms with Gasteiger partial charge < -0.3 is 10.1 Å². The van der Waals surface area contributed by atoms with E-state index in [9.17, 15) is 14.9 Å². The number of pyridine rings is 1. The Balaban J connectivity index is 1.83. The van der Waals surface area contributed by atoms with Crippen molar-refractivity contribution in [2.75, 3.05) is 5.32 Å². The number of anilines is 1. The summed E-state index contributed by atoms with van der Waals surface area (Å²) in [4.78, 5) is 30.7. The molecule has 0 aliphatic heterocycles. The lowest BCUT2D eigenvalue weighted by Crippen LogP contribution is -2.20. The Bertz CT molecular complexity index is 1600. The number of nitrogens with one attached hydrogen (secondary N) is 1. The van der Waals surface area contributed by atoms with Crippen LogP contribution >= 0.6 is 23.2 Å². The molecule has 2 heterocycles. The van der Waals surface area contributed by atoms with Gasteiger partial charge in [0.05, 0.1) is 15.7 Å². The summed E-state index contributed by atoms with van der Waals surface area (Å²) in [7, 11) is 0. The number of nitrogens with zero attached hydrogens (tertiary/aromatic N) is 3. The summed E-state index contributed by atoms with van der Waals surface area (Å²) in [6.45, 7) is 3.82. The van der Waals surface area contributed by atoms with Gasteiger partial charge in [0.2, 0.25) is 5.88 Å². The van der Waals surface area contributed by atoms with Crippen LogP contribution in [-0.4, -0.2) is 15.3 Å². The Morgan fingerprint density at radius 2 is 1.89 bits per heavy atom. The maximum atomic E-state index is 13.3. The summed E-state index contributed by atoms with van der Waals surface area (Å²) in [6.07, 6.45) is 2.70. The molecule has 35 heavy (non-hydrogen) atoms. The summed E-state index contributed by atoms with van der Waals surface area (Å²) in [6, 6.07) is 17.1. The first-order valence-corrected chi connectivity index (χ1v) is 11.2. The van der Waals surface area contributed by atoms with E-state index in [0.29, 0.717) is 11.4 Å². The third-order valence-electron chi connectivity index (χ3n) is 5.35. The van der Waals surface area contributed by atoms with E-state index < -0.39 is 11.5 Å². The average molecular weight is 505 g/mol. The summed E-state index contributed by atoms with van der Waals surface area (Å²) < 4.78 is 7.35. The van der Waals surface area contributed by atoms with E-state index in [1.165, 1.54) is 4.40 Å². The van der Waals surface area contributed by atoms with Crippen LogP contribution in [0.25, 0.3) is 11.7 Å². The van der Waals surface area contributed by atoms with E-state index >= 15 is 0 Å². The number of aryl methyl sites for hydroxylation is 1. The number of hydrogen-bond acceptors (Lipinski definition) is 5. The van der Waals surface area contributed by atoms with Crippen LogP contribution in [0.5, 0.6) is 11.6 Å². The van der Waals surface area contributed by atoms with E-state index in [2.05, 4.69) is 10.3 Å². The summed E-state index contributed by atoms with van der Waals surface area (Å²) in [5.74, 6) is -0.302. The molecular weight excluding hydrogens is 487 g/mol. The number of benzene rings is 2. The molecule has 0 saturated carbocycles. The summed E-state index contributed by atoms with van der Waals surface area (Å²) in [5, 5.41) is 12.6. The Labute approximate surface area is 210 Å². The van der Waals surface area contributed by atoms with Gasteiger partial charge in [-0.25, -0.2) is 0 Å². The topological polar surface area (TPSA) is 96.5 Å². The Morgan fingerprint density at radius 1 is 1.11 bits per heavy atom. The lowest BCUT2D eigenvalue weighted by molar-refractivity contribution is -0.112. The monoisotopic (exact) mass is 504 g/mol. The van der Waals surface area contributed by atoms with Crippen LogP contribution in [0.4, 0.5) is 5.69 Å². The molecule has 4 aromatic rings. The molecule has 0 aliphatic carbocycles. The largest absolute Gasteiger partial charge is 0.438 e. The molecule has 1 N–H and O–H groups in total. The standard InChI is InChI=1S/C26H18Cl2N4O3/c1-15-7-5-10-21(16(15)2)35-25-18(26(34)32-12-4-3-11-22(32)31-25)13-17(14-29)24(33)30-20-9-6-8-19(27)23(20)28/h3-13H,1-2H3,(H,30,33)/b17-13-. The van der Waals surface area contributed by atoms with Crippen molar-refractivity contribution in [2.45, 2.75) is 13.8 Å². The number of fused-ring (bicyclic) bond motifs is 1. The van der Waals surface area contributed by atoms with Crippen LogP contribution in [0.15, 0.2) is 71.2 Å². The summed E-state index contributed by atoms with van der Waals surface area (Å²) >= 11 is 12.2. The highest BCUT2D eigenvalue weighted by Crippen LogP contribution is 2.31. The normalized spacial score (nSPS) is 11.2. The predicted molar refractivity (Wildman–Crippen MR) is 136 cm³/mol. The maximum absolute atomic E-state index is 13.3. The molecule has 2 aromatic carbocycles. The van der Waals surface area contributed by atoms with Crippen LogP contribution < -0.4 is 15.6 Å². The molecular formula is C26H18Cl2N4O3. The number of carbonyl (C=O) groups is 1. The van der Waals surface area contributed by atoms with Gasteiger partial charge in [0.1, 0.15) is 28.6 Å². The SMILES string of the molecule is Cc1cccc(Oc2nc3ccccn3c(=O)c2/C=C(/C#N)C(=O)Nc2cccc(Cl)c2Cl)c1C. The van der Waals surface area contributed by atoms with Crippen LogP contribution in [0.2, 0.25) is 10.0 Å². The van der Waals surface area contributed by atoms with Gasteiger partial charge in [-0.2, -0.15) is 10.2 Å². The molecule has 9 heteroatoms. The number of halogens is 2. The van der Waals surface area contributed by atoms with E-state index in [0.717, 1.165) is 17.2 Å². The number of ether oxygens (including phenoxy) is 1. The minimum atomic E-state index is -0.771. The second kappa shape index (κ2) is 10.0. The van der Waals surface area contributed by atoms with Crippen molar-refractivity contribution < 1.29 is 9.53 Å². The fraction of sp³-hybridized carbons (Fsp3) is 0.0769. The van der Waals surface area contributed by atoms with Crippen molar-refractivity contribution in [1.82, 2.24) is 9.38 Å². The molecule has 0 saturated heterocycles. The molecule has 0 unspecified atom stereocenters. The molecule has 7 nitrogen and oxygen atoms in total. The third kappa shape index (κ3) is 4.90. The van der Waals surface area contributed by atoms with Gasteiger partial charge in [0, 0.05) is 6.20 Å². The molecule has 174 valence electrons. The highest BCUT2D eigenvalue weighted by atomic mass is 35.5. The highest BCUT2D eigenvalue weighted by molar-refractivity contribution is 6.44. The van der Waals surface area contributed by atoms with Gasteiger partial charge in [-0.3, -0.25) is 14.0 Å². The number of aromatic nitrogens is 2. The Morgan fingerprint density at radius 3 is 2.66 bits per heavy atom. The van der Waals surface area contributed by atoms with Gasteiger partial charge in [0.15, 0.2) is 0 Å². The smallest absolute Gasteiger partial charge is 0.269 e. The van der Waals surface area contributed by atoms with Crippen molar-refractivity contribution in [1.29, 1.82) is 5.26 Å². The van der Waals surface area contributed by atoms with Gasteiger partial charge >= 0.3 is 0 Å². The van der Waals surface area contributed by atoms with Crippen molar-refractivity contribution >= 4 is 46.5 Å². The van der Waals surface area contributed by atoms with Crippen molar-refractivity contribution in [3.63, 3.8) is 0 Å². The van der Waals surface area contributed by atoms with E-state index in [1.807, 2.05) is 32.0 Å². The second-order valence-corrected chi connectivity index (χ2v) is 8.38. The first-order chi connectivity index (χ1) is 16.8. The first kappa shape index (κ1) is 24.0. The van der Waals surface area contributed by atoms with Crippen molar-refractivity contribution in [3.05, 3.63) is 103 Å². The number of nitriles is 1. The zero-order valence-electron chi connectivity index (χ0n) is 18.7. The van der Waals surface area contributed by atoms with E-state index in [-0.39, 0.29) is 32.7 Å². The van der Waals surface area contributed by atoms with Gasteiger partial charge in [-0.15, -0.1) is 0 Å². The molecule has 0 spiro atoms. The molecule has 0 bridgehead atoms. The van der Waals surface area contributed by atoms with Crippen molar-refractivity contribution in [2.24, 2.45) is 0 Å². The molecule has 0 radical (unpaired) electrons. The maximum Gasteiger partial charge on any atom is 0.269 e. The van der Waals surface area contributed by atoms with Crippen LogP contribution in [0.1, 0.15) is 16.7 Å². The number of rotatable bonds is 5. The van der Waals surface area contributed by atoms with Crippen molar-refractivity contribution in [3.8, 4) is 17.7 Å². The zero-order valence-corrected chi connectivity index (χ0v) is 20.2. The number of carbonyl (C=O) groups excluding carboxylic acids is 1. The highest BCUT2D eigenvalue weighted by Gasteiger charge is 2.19. The molecule has 1 amide bonds. The van der Waals surface area contributed by atoms with Gasteiger partial charge in [0.25, 0.3) is 11.5 Å². The molecule has 0 fully saturated rings. The van der Waals surface area contributed by atoms with Crippen LogP contribution in [-0.2, 0) is 4.79 Å². The Kier molecular flexibility index (Phi) is 6.87. The quantitative estimate of drug-likeness (QED) is 0.267. The van der Waals surface area contributed by atoms with E-state index in [1.54, 1.807) is 48.7 Å². The van der Waals surface area contributed by atoms with Crippen LogP contribution in [0, 0.1) is 25.2 Å². The predicted octanol–water partition coefficient (Wildman–Crippen LogP) is 5.96. The molecule has 0 atom stereocenters. The molecule has 0 aliphatic rings. The second-order valence-electron chi connectivity index (χ2n) is 7.59. The number of hydrogen-bond donors (Lipinski definition) is 1. The first-order valence-electron chi connectivity index (χ1n) is 10.4. The molecule has 2 aromatic heterocycles. The third-order valence-corrected chi connectivity index (χ3v) is 6.17. The van der Waals surface area contributed by atoms with E-state index in [4.69, 9.17) is 27.9 Å². The Hall–Kier alpha value is -4.12. The lowest BCUT2D eigenvalue weighted by Gasteiger charge is -2.13.